The first kappa shape index (κ1) is 17.8. The van der Waals surface area contributed by atoms with E-state index in [0.29, 0.717) is 11.8 Å². The van der Waals surface area contributed by atoms with Crippen LogP contribution in [0.3, 0.4) is 0 Å². The molecule has 0 aromatic carbocycles. The monoisotopic (exact) mass is 302 g/mol. The molecule has 1 atom stereocenters. The Labute approximate surface area is 130 Å². The van der Waals surface area contributed by atoms with Crippen molar-refractivity contribution < 1.29 is 4.79 Å². The average molecular weight is 303 g/mol. The molecular formula is C16H31ClN2O. The zero-order valence-electron chi connectivity index (χ0n) is 13.1. The number of piperidine rings is 1. The highest BCUT2D eigenvalue weighted by atomic mass is 35.5. The third kappa shape index (κ3) is 4.63. The van der Waals surface area contributed by atoms with Gasteiger partial charge in [0.15, 0.2) is 0 Å². The molecule has 1 heterocycles. The van der Waals surface area contributed by atoms with Crippen molar-refractivity contribution in [1.29, 1.82) is 0 Å². The Morgan fingerprint density at radius 1 is 1.15 bits per heavy atom. The summed E-state index contributed by atoms with van der Waals surface area (Å²) in [4.78, 5) is 14.5. The zero-order valence-corrected chi connectivity index (χ0v) is 13.9. The fourth-order valence-electron chi connectivity index (χ4n) is 3.53. The lowest BCUT2D eigenvalue weighted by molar-refractivity contribution is -0.135. The lowest BCUT2D eigenvalue weighted by Gasteiger charge is -2.43. The summed E-state index contributed by atoms with van der Waals surface area (Å²) in [6.07, 6.45) is 9.56. The van der Waals surface area contributed by atoms with E-state index in [1.54, 1.807) is 0 Å². The summed E-state index contributed by atoms with van der Waals surface area (Å²) >= 11 is 0. The van der Waals surface area contributed by atoms with Gasteiger partial charge in [0.25, 0.3) is 0 Å². The largest absolute Gasteiger partial charge is 0.342 e. The van der Waals surface area contributed by atoms with E-state index in [4.69, 9.17) is 5.73 Å². The van der Waals surface area contributed by atoms with E-state index in [-0.39, 0.29) is 23.9 Å². The summed E-state index contributed by atoms with van der Waals surface area (Å²) in [5.74, 6) is 1.00. The van der Waals surface area contributed by atoms with Crippen molar-refractivity contribution in [3.05, 3.63) is 0 Å². The van der Waals surface area contributed by atoms with Gasteiger partial charge in [0.05, 0.1) is 0 Å². The normalized spacial score (nSPS) is 27.6. The molecule has 0 bridgehead atoms. The van der Waals surface area contributed by atoms with Gasteiger partial charge in [0, 0.05) is 25.6 Å². The Balaban J connectivity index is 0.00000200. The molecule has 1 aliphatic heterocycles. The molecular weight excluding hydrogens is 272 g/mol. The van der Waals surface area contributed by atoms with Crippen LogP contribution in [0.2, 0.25) is 0 Å². The predicted molar refractivity (Wildman–Crippen MR) is 86.0 cm³/mol. The van der Waals surface area contributed by atoms with Gasteiger partial charge in [-0.1, -0.05) is 39.5 Å². The fraction of sp³-hybridized carbons (Fsp3) is 0.938. The predicted octanol–water partition coefficient (Wildman–Crippen LogP) is 3.35. The van der Waals surface area contributed by atoms with Crippen LogP contribution in [0, 0.1) is 11.3 Å². The van der Waals surface area contributed by atoms with Crippen LogP contribution >= 0.6 is 12.4 Å². The van der Waals surface area contributed by atoms with Crippen LogP contribution in [-0.4, -0.2) is 29.9 Å². The summed E-state index contributed by atoms with van der Waals surface area (Å²) < 4.78 is 0. The van der Waals surface area contributed by atoms with Gasteiger partial charge in [-0.3, -0.25) is 4.79 Å². The first-order valence-corrected chi connectivity index (χ1v) is 8.02. The minimum Gasteiger partial charge on any atom is -0.342 e. The molecule has 0 radical (unpaired) electrons. The number of carbonyl (C=O) groups is 1. The molecule has 3 nitrogen and oxygen atoms in total. The molecule has 2 fully saturated rings. The number of amides is 1. The molecule has 2 rings (SSSR count). The van der Waals surface area contributed by atoms with Crippen LogP contribution in [0.5, 0.6) is 0 Å². The van der Waals surface area contributed by atoms with E-state index in [1.165, 1.54) is 38.5 Å². The van der Waals surface area contributed by atoms with Crippen molar-refractivity contribution in [1.82, 2.24) is 4.90 Å². The topological polar surface area (TPSA) is 46.3 Å². The number of likely N-dealkylation sites (tertiary alicyclic amines) is 1. The summed E-state index contributed by atoms with van der Waals surface area (Å²) in [7, 11) is 0. The highest BCUT2D eigenvalue weighted by molar-refractivity contribution is 5.85. The van der Waals surface area contributed by atoms with Gasteiger partial charge < -0.3 is 10.6 Å². The molecule has 2 N–H and O–H groups in total. The second-order valence-corrected chi connectivity index (χ2v) is 7.26. The number of nitrogens with two attached hydrogens (primary N) is 1. The average Bonchev–Trinajstić information content (AvgIpc) is 2.61. The number of hydrogen-bond donors (Lipinski definition) is 1. The molecule has 20 heavy (non-hydrogen) atoms. The molecule has 0 spiro atoms. The minimum absolute atomic E-state index is 0. The third-order valence-corrected chi connectivity index (χ3v) is 5.10. The number of hydrogen-bond acceptors (Lipinski definition) is 2. The molecule has 1 saturated carbocycles. The lowest BCUT2D eigenvalue weighted by Crippen LogP contribution is -2.54. The van der Waals surface area contributed by atoms with Crippen molar-refractivity contribution in [2.24, 2.45) is 17.1 Å². The molecule has 1 aliphatic carbocycles. The molecule has 118 valence electrons. The number of nitrogens with zero attached hydrogens (tertiary/aromatic N) is 1. The van der Waals surface area contributed by atoms with Gasteiger partial charge >= 0.3 is 0 Å². The lowest BCUT2D eigenvalue weighted by atomic mass is 9.79. The maximum Gasteiger partial charge on any atom is 0.222 e. The van der Waals surface area contributed by atoms with Crippen LogP contribution < -0.4 is 5.73 Å². The highest BCUT2D eigenvalue weighted by Crippen LogP contribution is 2.30. The van der Waals surface area contributed by atoms with Crippen LogP contribution in [0.25, 0.3) is 0 Å². The van der Waals surface area contributed by atoms with Gasteiger partial charge in [-0.25, -0.2) is 0 Å². The Kier molecular flexibility index (Phi) is 6.80. The van der Waals surface area contributed by atoms with Gasteiger partial charge in [-0.15, -0.1) is 12.4 Å². The second kappa shape index (κ2) is 7.65. The van der Waals surface area contributed by atoms with Gasteiger partial charge in [-0.2, -0.15) is 0 Å². The molecule has 1 unspecified atom stereocenters. The molecule has 0 aromatic heterocycles. The molecule has 1 saturated heterocycles. The Hall–Kier alpha value is -0.280. The second-order valence-electron chi connectivity index (χ2n) is 7.26. The minimum atomic E-state index is 0. The first-order chi connectivity index (χ1) is 8.99. The number of rotatable bonds is 2. The number of halogens is 1. The zero-order chi connectivity index (χ0) is 13.9. The summed E-state index contributed by atoms with van der Waals surface area (Å²) in [6, 6.07) is 0.231. The van der Waals surface area contributed by atoms with E-state index in [1.807, 2.05) is 0 Å². The van der Waals surface area contributed by atoms with E-state index in [9.17, 15) is 4.79 Å². The molecule has 0 aromatic rings. The van der Waals surface area contributed by atoms with Crippen LogP contribution in [0.4, 0.5) is 0 Å². The van der Waals surface area contributed by atoms with Crippen molar-refractivity contribution >= 4 is 18.3 Å². The SMILES string of the molecule is CC1(C)CN(C(=O)CC2CCCCCC2)CCC1N.Cl. The van der Waals surface area contributed by atoms with Gasteiger partial charge in [0.1, 0.15) is 0 Å². The van der Waals surface area contributed by atoms with Crippen LogP contribution in [0.1, 0.15) is 65.2 Å². The van der Waals surface area contributed by atoms with Crippen molar-refractivity contribution in [3.63, 3.8) is 0 Å². The van der Waals surface area contributed by atoms with Crippen molar-refractivity contribution in [2.75, 3.05) is 13.1 Å². The third-order valence-electron chi connectivity index (χ3n) is 5.10. The number of carbonyl (C=O) groups excluding carboxylic acids is 1. The Morgan fingerprint density at radius 3 is 2.30 bits per heavy atom. The maximum absolute atomic E-state index is 12.5. The summed E-state index contributed by atoms with van der Waals surface area (Å²) in [5.41, 5.74) is 6.21. The summed E-state index contributed by atoms with van der Waals surface area (Å²) in [5, 5.41) is 0. The molecule has 1 amide bonds. The molecule has 4 heteroatoms. The Bertz CT molecular complexity index is 312. The van der Waals surface area contributed by atoms with Crippen LogP contribution in [0.15, 0.2) is 0 Å². The molecule has 2 aliphatic rings. The van der Waals surface area contributed by atoms with E-state index >= 15 is 0 Å². The summed E-state index contributed by atoms with van der Waals surface area (Å²) in [6.45, 7) is 6.06. The quantitative estimate of drug-likeness (QED) is 0.795. The van der Waals surface area contributed by atoms with E-state index in [2.05, 4.69) is 18.7 Å². The van der Waals surface area contributed by atoms with Crippen molar-refractivity contribution in [2.45, 2.75) is 71.3 Å². The standard InChI is InChI=1S/C16H30N2O.ClH/c1-16(2)12-18(10-9-14(16)17)15(19)11-13-7-5-3-4-6-8-13;/h13-14H,3-12,17H2,1-2H3;1H. The Morgan fingerprint density at radius 2 is 1.75 bits per heavy atom. The maximum atomic E-state index is 12.5. The van der Waals surface area contributed by atoms with E-state index < -0.39 is 0 Å². The fourth-order valence-corrected chi connectivity index (χ4v) is 3.53. The van der Waals surface area contributed by atoms with Gasteiger partial charge in [-0.05, 0) is 30.6 Å². The van der Waals surface area contributed by atoms with E-state index in [0.717, 1.165) is 25.9 Å². The van der Waals surface area contributed by atoms with Crippen molar-refractivity contribution in [3.8, 4) is 0 Å². The van der Waals surface area contributed by atoms with Crippen LogP contribution in [-0.2, 0) is 4.79 Å². The highest BCUT2D eigenvalue weighted by Gasteiger charge is 2.35. The van der Waals surface area contributed by atoms with Gasteiger partial charge in [0.2, 0.25) is 5.91 Å². The first-order valence-electron chi connectivity index (χ1n) is 8.02. The smallest absolute Gasteiger partial charge is 0.222 e.